The molecule has 0 saturated heterocycles. The molecule has 0 aliphatic carbocycles. The van der Waals surface area contributed by atoms with Crippen LogP contribution in [0.5, 0.6) is 0 Å². The Morgan fingerprint density at radius 3 is 2.55 bits per heavy atom. The van der Waals surface area contributed by atoms with E-state index in [0.717, 1.165) is 28.9 Å². The largest absolute Gasteiger partial charge is 0.449 e. The molecule has 1 amide bonds. The van der Waals surface area contributed by atoms with Crippen LogP contribution < -0.4 is 9.21 Å². The molecule has 0 atom stereocenters. The van der Waals surface area contributed by atoms with E-state index >= 15 is 0 Å². The first-order valence-corrected chi connectivity index (χ1v) is 11.7. The van der Waals surface area contributed by atoms with Crippen LogP contribution >= 0.6 is 15.9 Å². The number of hydrogen-bond donors (Lipinski definition) is 0. The van der Waals surface area contributed by atoms with E-state index in [4.69, 9.17) is 4.74 Å². The van der Waals surface area contributed by atoms with E-state index in [2.05, 4.69) is 15.9 Å². The first-order chi connectivity index (χ1) is 14.6. The summed E-state index contributed by atoms with van der Waals surface area (Å²) in [6.07, 6.45) is -3.73. The summed E-state index contributed by atoms with van der Waals surface area (Å²) in [5.41, 5.74) is -0.585. The summed E-state index contributed by atoms with van der Waals surface area (Å²) >= 11 is 3.28. The van der Waals surface area contributed by atoms with Gasteiger partial charge in [0.15, 0.2) is 0 Å². The van der Waals surface area contributed by atoms with Crippen molar-refractivity contribution in [1.82, 2.24) is 0 Å². The molecule has 2 aromatic rings. The first kappa shape index (κ1) is 23.4. The van der Waals surface area contributed by atoms with Crippen LogP contribution in [-0.2, 0) is 20.9 Å². The molecule has 1 aliphatic heterocycles. The normalized spacial score (nSPS) is 14.4. The Hall–Kier alpha value is -2.27. The second-order valence-electron chi connectivity index (χ2n) is 6.86. The zero-order chi connectivity index (χ0) is 22.8. The number of anilines is 2. The highest BCUT2D eigenvalue weighted by Gasteiger charge is 2.37. The summed E-state index contributed by atoms with van der Waals surface area (Å²) in [7, 11) is -4.31. The van der Waals surface area contributed by atoms with Gasteiger partial charge in [0.25, 0.3) is 10.0 Å². The van der Waals surface area contributed by atoms with E-state index in [-0.39, 0.29) is 25.4 Å². The van der Waals surface area contributed by atoms with Gasteiger partial charge in [0, 0.05) is 11.0 Å². The summed E-state index contributed by atoms with van der Waals surface area (Å²) in [6, 6.07) is 8.31. The van der Waals surface area contributed by atoms with Crippen molar-refractivity contribution < 1.29 is 31.1 Å². The number of carbonyl (C=O) groups is 1. The number of nitrogens with zero attached hydrogens (tertiary/aromatic N) is 2. The lowest BCUT2D eigenvalue weighted by molar-refractivity contribution is -0.137. The van der Waals surface area contributed by atoms with Gasteiger partial charge in [0.2, 0.25) is 0 Å². The predicted molar refractivity (Wildman–Crippen MR) is 114 cm³/mol. The van der Waals surface area contributed by atoms with Crippen LogP contribution in [0.4, 0.5) is 29.3 Å². The fourth-order valence-electron chi connectivity index (χ4n) is 3.14. The number of sulfonamides is 1. The molecule has 0 fully saturated rings. The summed E-state index contributed by atoms with van der Waals surface area (Å²) in [5, 5.41) is 0. The van der Waals surface area contributed by atoms with Crippen LogP contribution in [0, 0.1) is 0 Å². The third-order valence-corrected chi connectivity index (χ3v) is 7.02. The predicted octanol–water partition coefficient (Wildman–Crippen LogP) is 5.42. The lowest BCUT2D eigenvalue weighted by Crippen LogP contribution is -2.46. The Morgan fingerprint density at radius 1 is 1.13 bits per heavy atom. The SMILES string of the molecule is CCCCOC(=O)N1CCN(S(=O)(=O)c2cccc(C(F)(F)F)c2)c2cc(Br)ccc21. The van der Waals surface area contributed by atoms with Crippen molar-refractivity contribution in [3.8, 4) is 0 Å². The molecule has 0 bridgehead atoms. The second-order valence-corrected chi connectivity index (χ2v) is 9.63. The molecule has 0 spiro atoms. The van der Waals surface area contributed by atoms with Crippen LogP contribution in [0.2, 0.25) is 0 Å². The monoisotopic (exact) mass is 520 g/mol. The fourth-order valence-corrected chi connectivity index (χ4v) is 4.99. The minimum absolute atomic E-state index is 0.00220. The third kappa shape index (κ3) is 4.98. The van der Waals surface area contributed by atoms with E-state index in [9.17, 15) is 26.4 Å². The fraction of sp³-hybridized carbons (Fsp3) is 0.350. The van der Waals surface area contributed by atoms with Gasteiger partial charge in [-0.25, -0.2) is 13.2 Å². The number of halogens is 4. The van der Waals surface area contributed by atoms with Crippen molar-refractivity contribution in [2.45, 2.75) is 30.8 Å². The van der Waals surface area contributed by atoms with Gasteiger partial charge in [0.05, 0.1) is 35.0 Å². The van der Waals surface area contributed by atoms with E-state index in [1.807, 2.05) is 6.92 Å². The molecule has 31 heavy (non-hydrogen) atoms. The Balaban J connectivity index is 2.00. The summed E-state index contributed by atoms with van der Waals surface area (Å²) in [6.45, 7) is 2.06. The van der Waals surface area contributed by atoms with E-state index < -0.39 is 32.8 Å². The third-order valence-electron chi connectivity index (χ3n) is 4.72. The van der Waals surface area contributed by atoms with Crippen molar-refractivity contribution in [3.05, 3.63) is 52.5 Å². The second kappa shape index (κ2) is 9.07. The van der Waals surface area contributed by atoms with Crippen molar-refractivity contribution in [2.75, 3.05) is 28.9 Å². The molecule has 1 aliphatic rings. The molecule has 6 nitrogen and oxygen atoms in total. The lowest BCUT2D eigenvalue weighted by atomic mass is 10.2. The Morgan fingerprint density at radius 2 is 1.87 bits per heavy atom. The van der Waals surface area contributed by atoms with E-state index in [1.165, 1.54) is 11.0 Å². The maximum absolute atomic E-state index is 13.2. The number of amides is 1. The molecule has 2 aromatic carbocycles. The Labute approximate surface area is 186 Å². The standard InChI is InChI=1S/C20H20BrF3N2O4S/c1-2-3-11-30-19(27)25-9-10-26(18-13-15(21)7-8-17(18)25)31(28,29)16-6-4-5-14(12-16)20(22,23)24/h4-8,12-13H,2-3,9-11H2,1H3. The lowest BCUT2D eigenvalue weighted by Gasteiger charge is -2.36. The average molecular weight is 521 g/mol. The van der Waals surface area contributed by atoms with Crippen LogP contribution in [0.3, 0.4) is 0 Å². The zero-order valence-electron chi connectivity index (χ0n) is 16.5. The molecule has 0 radical (unpaired) electrons. The van der Waals surface area contributed by atoms with Gasteiger partial charge in [-0.2, -0.15) is 13.2 Å². The topological polar surface area (TPSA) is 66.9 Å². The summed E-state index contributed by atoms with van der Waals surface area (Å²) < 4.78 is 72.5. The van der Waals surface area contributed by atoms with Gasteiger partial charge in [0.1, 0.15) is 0 Å². The highest BCUT2D eigenvalue weighted by Crippen LogP contribution is 2.39. The molecule has 11 heteroatoms. The van der Waals surface area contributed by atoms with Gasteiger partial charge < -0.3 is 4.74 Å². The van der Waals surface area contributed by atoms with E-state index in [1.54, 1.807) is 12.1 Å². The number of alkyl halides is 3. The molecular formula is C20H20BrF3N2O4S. The van der Waals surface area contributed by atoms with Crippen LogP contribution in [0.1, 0.15) is 25.3 Å². The molecule has 0 N–H and O–H groups in total. The molecule has 1 heterocycles. The number of ether oxygens (including phenoxy) is 1. The maximum Gasteiger partial charge on any atom is 0.416 e. The highest BCUT2D eigenvalue weighted by atomic mass is 79.9. The molecule has 168 valence electrons. The van der Waals surface area contributed by atoms with Gasteiger partial charge in [-0.3, -0.25) is 9.21 Å². The van der Waals surface area contributed by atoms with Gasteiger partial charge in [-0.15, -0.1) is 0 Å². The average Bonchev–Trinajstić information content (AvgIpc) is 2.72. The maximum atomic E-state index is 13.2. The number of rotatable bonds is 5. The Kier molecular flexibility index (Phi) is 6.85. The molecule has 0 saturated carbocycles. The first-order valence-electron chi connectivity index (χ1n) is 9.49. The number of benzene rings is 2. The van der Waals surface area contributed by atoms with Crippen molar-refractivity contribution in [2.24, 2.45) is 0 Å². The Bertz CT molecular complexity index is 1080. The summed E-state index contributed by atoms with van der Waals surface area (Å²) in [4.78, 5) is 13.4. The smallest absolute Gasteiger partial charge is 0.416 e. The number of unbranched alkanes of at least 4 members (excludes halogenated alkanes) is 1. The van der Waals surface area contributed by atoms with Gasteiger partial charge in [-0.05, 0) is 42.8 Å². The number of carbonyl (C=O) groups excluding carboxylic acids is 1. The van der Waals surface area contributed by atoms with Crippen molar-refractivity contribution in [1.29, 1.82) is 0 Å². The van der Waals surface area contributed by atoms with Gasteiger partial charge >= 0.3 is 12.3 Å². The summed E-state index contributed by atoms with van der Waals surface area (Å²) in [5.74, 6) is 0. The van der Waals surface area contributed by atoms with Crippen LogP contribution in [-0.4, -0.2) is 34.2 Å². The van der Waals surface area contributed by atoms with Crippen molar-refractivity contribution >= 4 is 43.4 Å². The minimum atomic E-state index is -4.67. The van der Waals surface area contributed by atoms with Crippen molar-refractivity contribution in [3.63, 3.8) is 0 Å². The molecule has 0 unspecified atom stereocenters. The molecule has 0 aromatic heterocycles. The number of fused-ring (bicyclic) bond motifs is 1. The van der Waals surface area contributed by atoms with Gasteiger partial charge in [-0.1, -0.05) is 35.3 Å². The highest BCUT2D eigenvalue weighted by molar-refractivity contribution is 9.10. The number of hydrogen-bond acceptors (Lipinski definition) is 4. The van der Waals surface area contributed by atoms with Crippen LogP contribution in [0.25, 0.3) is 0 Å². The zero-order valence-corrected chi connectivity index (χ0v) is 18.9. The van der Waals surface area contributed by atoms with E-state index in [0.29, 0.717) is 22.6 Å². The van der Waals surface area contributed by atoms with Crippen LogP contribution in [0.15, 0.2) is 51.8 Å². The minimum Gasteiger partial charge on any atom is -0.449 e. The quantitative estimate of drug-likeness (QED) is 0.493. The molecule has 3 rings (SSSR count). The molecular weight excluding hydrogens is 501 g/mol.